The maximum Gasteiger partial charge on any atom is 0.178 e. The molecule has 0 aliphatic carbocycles. The van der Waals surface area contributed by atoms with Crippen LogP contribution < -0.4 is 0 Å². The van der Waals surface area contributed by atoms with E-state index in [0.29, 0.717) is 5.56 Å². The first kappa shape index (κ1) is 8.41. The van der Waals surface area contributed by atoms with Crippen LogP contribution in [0.4, 0.5) is 0 Å². The van der Waals surface area contributed by atoms with Crippen LogP contribution in [-0.4, -0.2) is 10.8 Å². The van der Waals surface area contributed by atoms with Gasteiger partial charge in [-0.15, -0.1) is 0 Å². The van der Waals surface area contributed by atoms with Crippen LogP contribution in [0.3, 0.4) is 0 Å². The Morgan fingerprint density at radius 3 is 2.92 bits per heavy atom. The van der Waals surface area contributed by atoms with Gasteiger partial charge in [-0.3, -0.25) is 9.78 Å². The minimum atomic E-state index is -0.176. The fourth-order valence-corrected chi connectivity index (χ4v) is 0.807. The van der Waals surface area contributed by atoms with Gasteiger partial charge in [-0.1, -0.05) is 0 Å². The number of nitriles is 1. The van der Waals surface area contributed by atoms with E-state index < -0.39 is 0 Å². The average molecular weight is 160 g/mol. The molecular formula is C9H8N2O. The molecule has 0 N–H and O–H groups in total. The van der Waals surface area contributed by atoms with Crippen molar-refractivity contribution in [3.05, 3.63) is 29.6 Å². The predicted molar refractivity (Wildman–Crippen MR) is 43.5 cm³/mol. The first-order valence-corrected chi connectivity index (χ1v) is 3.57. The van der Waals surface area contributed by atoms with Gasteiger partial charge in [0.15, 0.2) is 5.78 Å². The van der Waals surface area contributed by atoms with Crippen LogP contribution in [0, 0.1) is 18.3 Å². The van der Waals surface area contributed by atoms with Crippen molar-refractivity contribution < 1.29 is 4.79 Å². The highest BCUT2D eigenvalue weighted by molar-refractivity contribution is 5.97. The number of rotatable bonds is 2. The third kappa shape index (κ3) is 1.89. The van der Waals surface area contributed by atoms with Crippen LogP contribution in [0.25, 0.3) is 0 Å². The highest BCUT2D eigenvalue weighted by atomic mass is 16.1. The minimum Gasteiger partial charge on any atom is -0.293 e. The third-order valence-corrected chi connectivity index (χ3v) is 1.47. The molecule has 1 aromatic heterocycles. The molecule has 0 fully saturated rings. The molecular weight excluding hydrogens is 152 g/mol. The first-order valence-electron chi connectivity index (χ1n) is 3.57. The van der Waals surface area contributed by atoms with Crippen molar-refractivity contribution in [1.82, 2.24) is 4.98 Å². The molecule has 0 radical (unpaired) electrons. The molecule has 0 atom stereocenters. The lowest BCUT2D eigenvalue weighted by molar-refractivity contribution is 0.0997. The Morgan fingerprint density at radius 2 is 2.42 bits per heavy atom. The van der Waals surface area contributed by atoms with Crippen molar-refractivity contribution in [2.24, 2.45) is 0 Å². The van der Waals surface area contributed by atoms with Crippen molar-refractivity contribution in [3.8, 4) is 6.07 Å². The Morgan fingerprint density at radius 1 is 1.67 bits per heavy atom. The molecule has 0 aliphatic heterocycles. The number of Topliss-reactive ketones (excluding diaryl/α,β-unsaturated/α-hetero) is 1. The van der Waals surface area contributed by atoms with Gasteiger partial charge in [-0.2, -0.15) is 5.26 Å². The Labute approximate surface area is 70.7 Å². The van der Waals surface area contributed by atoms with Crippen LogP contribution in [-0.2, 0) is 0 Å². The Bertz CT molecular complexity index is 321. The number of ketones is 1. The summed E-state index contributed by atoms with van der Waals surface area (Å²) in [6.07, 6.45) is 1.42. The number of aryl methyl sites for hydroxylation is 1. The lowest BCUT2D eigenvalue weighted by Crippen LogP contribution is -1.98. The zero-order valence-electron chi connectivity index (χ0n) is 6.74. The lowest BCUT2D eigenvalue weighted by Gasteiger charge is -1.95. The maximum absolute atomic E-state index is 11.1. The molecule has 1 heterocycles. The zero-order valence-corrected chi connectivity index (χ0v) is 6.74. The van der Waals surface area contributed by atoms with Gasteiger partial charge in [0.05, 0.1) is 12.5 Å². The SMILES string of the molecule is Cc1ccc(C(=O)CC#N)cn1. The van der Waals surface area contributed by atoms with E-state index in [1.807, 2.05) is 6.92 Å². The maximum atomic E-state index is 11.1. The van der Waals surface area contributed by atoms with Crippen LogP contribution in [0.15, 0.2) is 18.3 Å². The van der Waals surface area contributed by atoms with Crippen LogP contribution >= 0.6 is 0 Å². The zero-order chi connectivity index (χ0) is 8.97. The predicted octanol–water partition coefficient (Wildman–Crippen LogP) is 1.49. The second kappa shape index (κ2) is 3.63. The highest BCUT2D eigenvalue weighted by Crippen LogP contribution is 2.02. The number of hydrogen-bond acceptors (Lipinski definition) is 3. The molecule has 3 heteroatoms. The van der Waals surface area contributed by atoms with E-state index in [9.17, 15) is 4.79 Å². The van der Waals surface area contributed by atoms with E-state index in [0.717, 1.165) is 5.69 Å². The lowest BCUT2D eigenvalue weighted by atomic mass is 10.1. The van der Waals surface area contributed by atoms with Gasteiger partial charge in [0.1, 0.15) is 0 Å². The molecule has 0 saturated heterocycles. The summed E-state index contributed by atoms with van der Waals surface area (Å²) in [7, 11) is 0. The van der Waals surface area contributed by atoms with E-state index in [2.05, 4.69) is 4.98 Å². The molecule has 0 bridgehead atoms. The number of hydrogen-bond donors (Lipinski definition) is 0. The van der Waals surface area contributed by atoms with Gasteiger partial charge in [-0.05, 0) is 19.1 Å². The van der Waals surface area contributed by atoms with Gasteiger partial charge in [-0.25, -0.2) is 0 Å². The summed E-state index contributed by atoms with van der Waals surface area (Å²) in [5.41, 5.74) is 1.37. The molecule has 0 saturated carbocycles. The molecule has 0 aliphatic rings. The fraction of sp³-hybridized carbons (Fsp3) is 0.222. The fourth-order valence-electron chi connectivity index (χ4n) is 0.807. The minimum absolute atomic E-state index is 0.0786. The van der Waals surface area contributed by atoms with Crippen LogP contribution in [0.1, 0.15) is 22.5 Å². The number of carbonyl (C=O) groups is 1. The van der Waals surface area contributed by atoms with Crippen molar-refractivity contribution in [2.75, 3.05) is 0 Å². The summed E-state index contributed by atoms with van der Waals surface area (Å²) in [6.45, 7) is 1.85. The highest BCUT2D eigenvalue weighted by Gasteiger charge is 2.03. The summed E-state index contributed by atoms with van der Waals surface area (Å²) in [4.78, 5) is 15.0. The van der Waals surface area contributed by atoms with Gasteiger partial charge in [0.25, 0.3) is 0 Å². The molecule has 1 rings (SSSR count). The molecule has 0 spiro atoms. The van der Waals surface area contributed by atoms with Gasteiger partial charge < -0.3 is 0 Å². The van der Waals surface area contributed by atoms with Crippen LogP contribution in [0.5, 0.6) is 0 Å². The van der Waals surface area contributed by atoms with Crippen molar-refractivity contribution >= 4 is 5.78 Å². The quantitative estimate of drug-likeness (QED) is 0.616. The molecule has 1 aromatic rings. The van der Waals surface area contributed by atoms with Gasteiger partial charge >= 0.3 is 0 Å². The summed E-state index contributed by atoms with van der Waals surface area (Å²) in [5.74, 6) is -0.176. The molecule has 60 valence electrons. The standard InChI is InChI=1S/C9H8N2O/c1-7-2-3-8(6-11-7)9(12)4-5-10/h2-3,6H,4H2,1H3. The number of aromatic nitrogens is 1. The van der Waals surface area contributed by atoms with Crippen LogP contribution in [0.2, 0.25) is 0 Å². The second-order valence-corrected chi connectivity index (χ2v) is 2.45. The third-order valence-electron chi connectivity index (χ3n) is 1.47. The summed E-state index contributed by atoms with van der Waals surface area (Å²) in [5, 5.41) is 8.26. The Balaban J connectivity index is 2.84. The Hall–Kier alpha value is -1.69. The molecule has 0 unspecified atom stereocenters. The molecule has 0 aromatic carbocycles. The van der Waals surface area contributed by atoms with E-state index in [-0.39, 0.29) is 12.2 Å². The van der Waals surface area contributed by atoms with E-state index >= 15 is 0 Å². The number of nitrogens with zero attached hydrogens (tertiary/aromatic N) is 2. The van der Waals surface area contributed by atoms with Crippen molar-refractivity contribution in [1.29, 1.82) is 5.26 Å². The Kier molecular flexibility index (Phi) is 2.54. The average Bonchev–Trinajstić information content (AvgIpc) is 2.06. The van der Waals surface area contributed by atoms with E-state index in [1.54, 1.807) is 18.2 Å². The van der Waals surface area contributed by atoms with E-state index in [4.69, 9.17) is 5.26 Å². The monoisotopic (exact) mass is 160 g/mol. The molecule has 12 heavy (non-hydrogen) atoms. The number of carbonyl (C=O) groups excluding carboxylic acids is 1. The van der Waals surface area contributed by atoms with Crippen molar-refractivity contribution in [2.45, 2.75) is 13.3 Å². The topological polar surface area (TPSA) is 53.8 Å². The second-order valence-electron chi connectivity index (χ2n) is 2.45. The normalized spacial score (nSPS) is 9.00. The van der Waals surface area contributed by atoms with E-state index in [1.165, 1.54) is 6.20 Å². The largest absolute Gasteiger partial charge is 0.293 e. The summed E-state index contributed by atoms with van der Waals surface area (Å²) >= 11 is 0. The smallest absolute Gasteiger partial charge is 0.178 e. The van der Waals surface area contributed by atoms with Gasteiger partial charge in [0.2, 0.25) is 0 Å². The molecule has 3 nitrogen and oxygen atoms in total. The van der Waals surface area contributed by atoms with Crippen molar-refractivity contribution in [3.63, 3.8) is 0 Å². The summed E-state index contributed by atoms with van der Waals surface area (Å²) in [6, 6.07) is 5.24. The summed E-state index contributed by atoms with van der Waals surface area (Å²) < 4.78 is 0. The van der Waals surface area contributed by atoms with Gasteiger partial charge in [0, 0.05) is 17.5 Å². The number of pyridine rings is 1. The molecule has 0 amide bonds. The first-order chi connectivity index (χ1) is 5.74.